The van der Waals surface area contributed by atoms with Gasteiger partial charge >= 0.3 is 6.09 Å². The molecule has 1 aromatic carbocycles. The monoisotopic (exact) mass is 304 g/mol. The third kappa shape index (κ3) is 4.48. The second-order valence-electron chi connectivity index (χ2n) is 6.55. The van der Waals surface area contributed by atoms with Crippen molar-refractivity contribution in [3.05, 3.63) is 29.8 Å². The highest BCUT2D eigenvalue weighted by Crippen LogP contribution is 2.22. The lowest BCUT2D eigenvalue weighted by Gasteiger charge is -2.22. The number of alkyl carbamates (subject to hydrolysis) is 1. The van der Waals surface area contributed by atoms with Crippen molar-refractivity contribution in [2.24, 2.45) is 0 Å². The Kier molecular flexibility index (Phi) is 5.06. The number of rotatable bonds is 4. The first-order valence-electron chi connectivity index (χ1n) is 7.69. The van der Waals surface area contributed by atoms with E-state index in [2.05, 4.69) is 10.2 Å². The number of benzene rings is 1. The van der Waals surface area contributed by atoms with Crippen LogP contribution in [0.4, 0.5) is 10.5 Å². The van der Waals surface area contributed by atoms with Crippen LogP contribution in [0.25, 0.3) is 0 Å². The van der Waals surface area contributed by atoms with Crippen molar-refractivity contribution in [3.63, 3.8) is 0 Å². The molecule has 5 nitrogen and oxygen atoms in total. The van der Waals surface area contributed by atoms with Crippen molar-refractivity contribution in [3.8, 4) is 0 Å². The zero-order chi connectivity index (χ0) is 16.2. The summed E-state index contributed by atoms with van der Waals surface area (Å²) < 4.78 is 5.18. The molecule has 1 atom stereocenters. The summed E-state index contributed by atoms with van der Waals surface area (Å²) >= 11 is 0. The van der Waals surface area contributed by atoms with Gasteiger partial charge in [0.05, 0.1) is 0 Å². The van der Waals surface area contributed by atoms with Crippen molar-refractivity contribution in [2.45, 2.75) is 45.3 Å². The second kappa shape index (κ2) is 6.81. The molecular formula is C17H24N2O3. The van der Waals surface area contributed by atoms with Crippen LogP contribution in [-0.4, -0.2) is 31.1 Å². The Morgan fingerprint density at radius 1 is 1.23 bits per heavy atom. The lowest BCUT2D eigenvalue weighted by Crippen LogP contribution is -2.35. The maximum absolute atomic E-state index is 11.8. The molecule has 1 N–H and O–H groups in total. The van der Waals surface area contributed by atoms with E-state index in [1.807, 2.05) is 24.3 Å². The number of nitrogens with one attached hydrogen (secondary N) is 1. The Morgan fingerprint density at radius 3 is 2.32 bits per heavy atom. The number of hydrogen-bond donors (Lipinski definition) is 1. The van der Waals surface area contributed by atoms with Gasteiger partial charge in [0.25, 0.3) is 0 Å². The maximum atomic E-state index is 11.8. The molecule has 0 aromatic heterocycles. The summed E-state index contributed by atoms with van der Waals surface area (Å²) in [6, 6.07) is 7.05. The van der Waals surface area contributed by atoms with Crippen LogP contribution in [0.15, 0.2) is 24.3 Å². The molecular weight excluding hydrogens is 280 g/mol. The third-order valence-corrected chi connectivity index (χ3v) is 3.53. The number of carbonyl (C=O) groups excluding carboxylic acids is 2. The predicted molar refractivity (Wildman–Crippen MR) is 86.1 cm³/mol. The van der Waals surface area contributed by atoms with Crippen LogP contribution in [0.3, 0.4) is 0 Å². The molecule has 5 heteroatoms. The number of amides is 1. The summed E-state index contributed by atoms with van der Waals surface area (Å²) in [6.45, 7) is 7.51. The average Bonchev–Trinajstić information content (AvgIpc) is 2.97. The van der Waals surface area contributed by atoms with Gasteiger partial charge in [-0.2, -0.15) is 0 Å². The van der Waals surface area contributed by atoms with E-state index < -0.39 is 17.7 Å². The summed E-state index contributed by atoms with van der Waals surface area (Å²) in [4.78, 5) is 25.4. The number of nitrogens with zero attached hydrogens (tertiary/aromatic N) is 1. The SMILES string of the molecule is CC(C)(C)OC(=O)NC(C=O)c1ccc(N2CCCC2)cc1. The first-order valence-corrected chi connectivity index (χ1v) is 7.69. The van der Waals surface area contributed by atoms with Gasteiger partial charge in [-0.25, -0.2) is 4.79 Å². The minimum atomic E-state index is -0.692. The predicted octanol–water partition coefficient (Wildman–Crippen LogP) is 3.05. The normalized spacial score (nSPS) is 16.2. The van der Waals surface area contributed by atoms with Gasteiger partial charge in [-0.15, -0.1) is 0 Å². The summed E-state index contributed by atoms with van der Waals surface area (Å²) in [5.74, 6) is 0. The summed E-state index contributed by atoms with van der Waals surface area (Å²) in [7, 11) is 0. The Balaban J connectivity index is 2.01. The summed E-state index contributed by atoms with van der Waals surface area (Å²) in [5.41, 5.74) is 1.32. The number of anilines is 1. The Hall–Kier alpha value is -2.04. The van der Waals surface area contributed by atoms with Crippen LogP contribution in [0.5, 0.6) is 0 Å². The molecule has 0 bridgehead atoms. The van der Waals surface area contributed by atoms with Crippen LogP contribution >= 0.6 is 0 Å². The zero-order valence-electron chi connectivity index (χ0n) is 13.5. The van der Waals surface area contributed by atoms with E-state index in [0.29, 0.717) is 0 Å². The van der Waals surface area contributed by atoms with Gasteiger partial charge in [0.2, 0.25) is 0 Å². The molecule has 2 rings (SSSR count). The average molecular weight is 304 g/mol. The molecule has 1 aromatic rings. The van der Waals surface area contributed by atoms with Crippen molar-refractivity contribution >= 4 is 18.1 Å². The number of hydrogen-bond acceptors (Lipinski definition) is 4. The zero-order valence-corrected chi connectivity index (χ0v) is 13.5. The van der Waals surface area contributed by atoms with Crippen LogP contribution < -0.4 is 10.2 Å². The van der Waals surface area contributed by atoms with Crippen molar-refractivity contribution in [1.29, 1.82) is 0 Å². The van der Waals surface area contributed by atoms with Gasteiger partial charge in [0, 0.05) is 18.8 Å². The lowest BCUT2D eigenvalue weighted by molar-refractivity contribution is -0.109. The van der Waals surface area contributed by atoms with Gasteiger partial charge < -0.3 is 19.7 Å². The van der Waals surface area contributed by atoms with Crippen molar-refractivity contribution < 1.29 is 14.3 Å². The molecule has 0 spiro atoms. The molecule has 1 amide bonds. The number of ether oxygens (including phenoxy) is 1. The quantitative estimate of drug-likeness (QED) is 0.869. The number of carbonyl (C=O) groups is 2. The summed E-state index contributed by atoms with van der Waals surface area (Å²) in [6.07, 6.45) is 2.57. The molecule has 120 valence electrons. The Bertz CT molecular complexity index is 514. The fraction of sp³-hybridized carbons (Fsp3) is 0.529. The molecule has 1 aliphatic rings. The molecule has 22 heavy (non-hydrogen) atoms. The van der Waals surface area contributed by atoms with E-state index in [0.717, 1.165) is 30.6 Å². The van der Waals surface area contributed by atoms with Crippen molar-refractivity contribution in [1.82, 2.24) is 5.32 Å². The molecule has 0 radical (unpaired) electrons. The molecule has 0 saturated carbocycles. The van der Waals surface area contributed by atoms with Crippen LogP contribution in [0, 0.1) is 0 Å². The van der Waals surface area contributed by atoms with Crippen LogP contribution in [0.2, 0.25) is 0 Å². The molecule has 1 fully saturated rings. The van der Waals surface area contributed by atoms with E-state index >= 15 is 0 Å². The van der Waals surface area contributed by atoms with Gasteiger partial charge in [-0.1, -0.05) is 12.1 Å². The minimum Gasteiger partial charge on any atom is -0.444 e. The first kappa shape index (κ1) is 16.3. The maximum Gasteiger partial charge on any atom is 0.408 e. The van der Waals surface area contributed by atoms with E-state index in [9.17, 15) is 9.59 Å². The van der Waals surface area contributed by atoms with Gasteiger partial charge in [-0.3, -0.25) is 0 Å². The molecule has 0 aliphatic carbocycles. The van der Waals surface area contributed by atoms with Gasteiger partial charge in [-0.05, 0) is 51.3 Å². The fourth-order valence-electron chi connectivity index (χ4n) is 2.50. The first-order chi connectivity index (χ1) is 10.4. The highest BCUT2D eigenvalue weighted by molar-refractivity contribution is 5.74. The lowest BCUT2D eigenvalue weighted by atomic mass is 10.1. The number of aldehydes is 1. The van der Waals surface area contributed by atoms with Gasteiger partial charge in [0.15, 0.2) is 0 Å². The second-order valence-corrected chi connectivity index (χ2v) is 6.55. The van der Waals surface area contributed by atoms with Crippen LogP contribution in [-0.2, 0) is 9.53 Å². The largest absolute Gasteiger partial charge is 0.444 e. The highest BCUT2D eigenvalue weighted by atomic mass is 16.6. The van der Waals surface area contributed by atoms with E-state index in [1.54, 1.807) is 20.8 Å². The van der Waals surface area contributed by atoms with E-state index in [1.165, 1.54) is 12.8 Å². The third-order valence-electron chi connectivity index (χ3n) is 3.53. The minimum absolute atomic E-state index is 0.586. The molecule has 1 aliphatic heterocycles. The summed E-state index contributed by atoms with van der Waals surface area (Å²) in [5, 5.41) is 2.59. The topological polar surface area (TPSA) is 58.6 Å². The van der Waals surface area contributed by atoms with Crippen LogP contribution in [0.1, 0.15) is 45.2 Å². The molecule has 1 unspecified atom stereocenters. The van der Waals surface area contributed by atoms with E-state index in [4.69, 9.17) is 4.74 Å². The Labute approximate surface area is 131 Å². The smallest absolute Gasteiger partial charge is 0.408 e. The standard InChI is InChI=1S/C17H24N2O3/c1-17(2,3)22-16(21)18-15(12-20)13-6-8-14(9-7-13)19-10-4-5-11-19/h6-9,12,15H,4-5,10-11H2,1-3H3,(H,18,21). The van der Waals surface area contributed by atoms with E-state index in [-0.39, 0.29) is 0 Å². The van der Waals surface area contributed by atoms with Gasteiger partial charge in [0.1, 0.15) is 17.9 Å². The highest BCUT2D eigenvalue weighted by Gasteiger charge is 2.20. The fourth-order valence-corrected chi connectivity index (χ4v) is 2.50. The van der Waals surface area contributed by atoms with Crippen molar-refractivity contribution in [2.75, 3.05) is 18.0 Å². The Morgan fingerprint density at radius 2 is 1.82 bits per heavy atom. The molecule has 1 saturated heterocycles. The molecule has 1 heterocycles.